The molecule has 0 radical (unpaired) electrons. The van der Waals surface area contributed by atoms with E-state index in [1.54, 1.807) is 11.3 Å². The Morgan fingerprint density at radius 1 is 0.325 bits per heavy atom. The maximum absolute atomic E-state index is 6.32. The Morgan fingerprint density at radius 3 is 1.38 bits per heavy atom. The summed E-state index contributed by atoms with van der Waals surface area (Å²) in [7, 11) is -0.399. The zero-order valence-corrected chi connectivity index (χ0v) is 44.7. The molecule has 0 unspecified atom stereocenters. The number of furan rings is 4. The molecule has 382 valence electrons. The number of fused-ring (bicyclic) bond motifs is 15. The van der Waals surface area contributed by atoms with Crippen molar-refractivity contribution in [2.45, 2.75) is 38.9 Å². The number of aromatic nitrogens is 3. The van der Waals surface area contributed by atoms with Crippen LogP contribution in [0, 0.1) is 0 Å². The normalized spacial score (nSPS) is 14.3. The van der Waals surface area contributed by atoms with Gasteiger partial charge in [0.15, 0.2) is 17.5 Å². The van der Waals surface area contributed by atoms with Crippen molar-refractivity contribution in [2.75, 3.05) is 0 Å². The predicted molar refractivity (Wildman–Crippen MR) is 326 cm³/mol. The van der Waals surface area contributed by atoms with Gasteiger partial charge >= 0.3 is 7.12 Å². The largest absolute Gasteiger partial charge is 0.494 e. The summed E-state index contributed by atoms with van der Waals surface area (Å²) in [6.45, 7) is 8.27. The Kier molecular flexibility index (Phi) is 10.2. The van der Waals surface area contributed by atoms with Gasteiger partial charge in [0.05, 0.1) is 11.2 Å². The number of thiophene rings is 1. The number of nitrogens with zero attached hydrogens (tertiary/aromatic N) is 3. The van der Waals surface area contributed by atoms with Gasteiger partial charge in [-0.3, -0.25) is 0 Å². The van der Waals surface area contributed by atoms with Gasteiger partial charge < -0.3 is 27.0 Å². The van der Waals surface area contributed by atoms with Gasteiger partial charge in [0.25, 0.3) is 0 Å². The van der Waals surface area contributed by atoms with Crippen LogP contribution in [0.4, 0.5) is 0 Å². The molecule has 9 nitrogen and oxygen atoms in total. The van der Waals surface area contributed by atoms with Gasteiger partial charge in [0.2, 0.25) is 0 Å². The maximum atomic E-state index is 6.32. The van der Waals surface area contributed by atoms with Gasteiger partial charge in [-0.1, -0.05) is 140 Å². The summed E-state index contributed by atoms with van der Waals surface area (Å²) < 4.78 is 39.6. The van der Waals surface area contributed by atoms with Crippen LogP contribution in [0.5, 0.6) is 0 Å². The maximum Gasteiger partial charge on any atom is 0.494 e. The van der Waals surface area contributed by atoms with Crippen LogP contribution >= 0.6 is 11.3 Å². The van der Waals surface area contributed by atoms with Crippen molar-refractivity contribution in [1.29, 1.82) is 0 Å². The molecule has 1 aliphatic rings. The first kappa shape index (κ1) is 46.7. The van der Waals surface area contributed by atoms with E-state index in [1.807, 2.05) is 78.9 Å². The summed E-state index contributed by atoms with van der Waals surface area (Å²) >= 11 is 1.78. The van der Waals surface area contributed by atoms with E-state index >= 15 is 0 Å². The topological polar surface area (TPSA) is 110 Å². The van der Waals surface area contributed by atoms with Gasteiger partial charge in [-0.2, -0.15) is 0 Å². The second-order valence-electron chi connectivity index (χ2n) is 21.7. The molecule has 10 aromatic carbocycles. The van der Waals surface area contributed by atoms with Crippen molar-refractivity contribution < 1.29 is 27.0 Å². The molecule has 0 bridgehead atoms. The highest BCUT2D eigenvalue weighted by molar-refractivity contribution is 7.26. The lowest BCUT2D eigenvalue weighted by Crippen LogP contribution is -2.41. The van der Waals surface area contributed by atoms with E-state index in [1.165, 1.54) is 20.2 Å². The van der Waals surface area contributed by atoms with E-state index in [9.17, 15) is 0 Å². The quantitative estimate of drug-likeness (QED) is 0.156. The Hall–Kier alpha value is -9.39. The van der Waals surface area contributed by atoms with Crippen LogP contribution < -0.4 is 5.46 Å². The fraction of sp³-hybridized carbons (Fsp3) is 0.0870. The summed E-state index contributed by atoms with van der Waals surface area (Å²) in [5, 5.41) is 10.9. The van der Waals surface area contributed by atoms with Crippen LogP contribution in [0.1, 0.15) is 27.7 Å². The van der Waals surface area contributed by atoms with E-state index < -0.39 is 7.12 Å². The Balaban J connectivity index is 0.000000155. The molecule has 16 aromatic rings. The average Bonchev–Trinajstić information content (AvgIpc) is 4.51. The molecule has 80 heavy (non-hydrogen) atoms. The highest BCUT2D eigenvalue weighted by Gasteiger charge is 2.51. The van der Waals surface area contributed by atoms with Crippen molar-refractivity contribution in [3.05, 3.63) is 206 Å². The number of para-hydroxylation sites is 2. The van der Waals surface area contributed by atoms with E-state index in [0.29, 0.717) is 17.5 Å². The second-order valence-corrected chi connectivity index (χ2v) is 22.7. The lowest BCUT2D eigenvalue weighted by Gasteiger charge is -2.32. The molecule has 6 aromatic heterocycles. The van der Waals surface area contributed by atoms with Crippen molar-refractivity contribution >= 4 is 132 Å². The number of hydrogen-bond acceptors (Lipinski definition) is 10. The summed E-state index contributed by atoms with van der Waals surface area (Å²) in [5.41, 5.74) is 12.2. The van der Waals surface area contributed by atoms with E-state index in [4.69, 9.17) is 41.9 Å². The van der Waals surface area contributed by atoms with E-state index in [2.05, 4.69) is 155 Å². The summed E-state index contributed by atoms with van der Waals surface area (Å²) in [5.74, 6) is 1.94. The molecule has 0 spiro atoms. The van der Waals surface area contributed by atoms with Crippen molar-refractivity contribution in [3.8, 4) is 45.3 Å². The monoisotopic (exact) mass is 1060 g/mol. The zero-order chi connectivity index (χ0) is 53.4. The molecule has 0 saturated carbocycles. The SMILES string of the molecule is CC1(C)OB(c2ccc3oc4cc5c(cc4c3c2)oc2ccccc25)OC1(C)C.c1ccc(-c2nc(-c3ccc(-c4ccc5oc6cc7c(cc6c5c4)oc4ccccc47)cc3)nc(-c3cccc4c3sc3ccccc34)n2)cc1. The minimum absolute atomic E-state index is 0.370. The van der Waals surface area contributed by atoms with Crippen LogP contribution in [0.15, 0.2) is 224 Å². The molecule has 17 rings (SSSR count). The zero-order valence-electron chi connectivity index (χ0n) is 43.9. The fourth-order valence-electron chi connectivity index (χ4n) is 11.4. The molecule has 1 aliphatic heterocycles. The standard InChI is InChI=1S/C45H25N3O2S.C24H21BO4/c1-2-9-27(10-3-1)43-46-44(48-45(47-43)33-14-8-13-32-31-12-5-7-16-41(31)51-42(32)33)28-19-17-26(18-20-28)29-21-22-38-34(23-29)36-25-39-35(24-40(36)50-38)30-11-4-6-15-37(30)49-39;1-23(2)24(3,4)29-25(28-23)14-9-10-20-16(11-14)18-13-21-17(12-22(18)27-20)15-7-5-6-8-19(15)26-21/h1-25H;5-13H,1-4H3. The molecule has 0 N–H and O–H groups in total. The third kappa shape index (κ3) is 7.49. The molecule has 1 saturated heterocycles. The summed E-state index contributed by atoms with van der Waals surface area (Å²) in [6.07, 6.45) is 0. The molecule has 0 atom stereocenters. The first-order valence-electron chi connectivity index (χ1n) is 26.8. The number of hydrogen-bond donors (Lipinski definition) is 0. The Bertz CT molecular complexity index is 5150. The van der Waals surface area contributed by atoms with E-state index in [0.717, 1.165) is 121 Å². The number of benzene rings is 10. The van der Waals surface area contributed by atoms with Gasteiger partial charge in [-0.15, -0.1) is 11.3 Å². The van der Waals surface area contributed by atoms with Crippen molar-refractivity contribution in [3.63, 3.8) is 0 Å². The first-order valence-corrected chi connectivity index (χ1v) is 27.6. The first-order chi connectivity index (χ1) is 39.1. The van der Waals surface area contributed by atoms with Crippen molar-refractivity contribution in [1.82, 2.24) is 15.0 Å². The Labute approximate surface area is 461 Å². The highest BCUT2D eigenvalue weighted by Crippen LogP contribution is 2.43. The molecule has 7 heterocycles. The third-order valence-electron chi connectivity index (χ3n) is 16.3. The minimum atomic E-state index is -0.399. The van der Waals surface area contributed by atoms with E-state index in [-0.39, 0.29) is 11.2 Å². The molecule has 0 amide bonds. The fourth-order valence-corrected chi connectivity index (χ4v) is 12.6. The van der Waals surface area contributed by atoms with Crippen LogP contribution in [-0.2, 0) is 9.31 Å². The van der Waals surface area contributed by atoms with Crippen molar-refractivity contribution in [2.24, 2.45) is 0 Å². The lowest BCUT2D eigenvalue weighted by atomic mass is 9.78. The molecule has 11 heteroatoms. The second kappa shape index (κ2) is 17.6. The molecular weight excluding hydrogens is 1010 g/mol. The van der Waals surface area contributed by atoms with Crippen LogP contribution in [0.2, 0.25) is 0 Å². The van der Waals surface area contributed by atoms with Gasteiger partial charge in [-0.25, -0.2) is 15.0 Å². The lowest BCUT2D eigenvalue weighted by molar-refractivity contribution is 0.00578. The molecular formula is C69H46BN3O6S. The summed E-state index contributed by atoms with van der Waals surface area (Å²) in [4.78, 5) is 15.1. The average molecular weight is 1060 g/mol. The van der Waals surface area contributed by atoms with Crippen LogP contribution in [-0.4, -0.2) is 33.3 Å². The van der Waals surface area contributed by atoms with Gasteiger partial charge in [-0.05, 0) is 111 Å². The van der Waals surface area contributed by atoms with Crippen LogP contribution in [0.25, 0.3) is 153 Å². The predicted octanol–water partition coefficient (Wildman–Crippen LogP) is 18.5. The smallest absolute Gasteiger partial charge is 0.456 e. The van der Waals surface area contributed by atoms with Gasteiger partial charge in [0.1, 0.15) is 44.7 Å². The number of rotatable bonds is 5. The highest BCUT2D eigenvalue weighted by atomic mass is 32.1. The molecule has 1 fully saturated rings. The Morgan fingerprint density at radius 2 is 0.762 bits per heavy atom. The van der Waals surface area contributed by atoms with Gasteiger partial charge in [0, 0.05) is 80.0 Å². The minimum Gasteiger partial charge on any atom is -0.456 e. The summed E-state index contributed by atoms with van der Waals surface area (Å²) in [6, 6.07) is 70.5. The third-order valence-corrected chi connectivity index (χ3v) is 17.5. The molecule has 0 aliphatic carbocycles. The van der Waals surface area contributed by atoms with Crippen LogP contribution in [0.3, 0.4) is 0 Å².